The van der Waals surface area contributed by atoms with E-state index in [4.69, 9.17) is 0 Å². The van der Waals surface area contributed by atoms with Crippen molar-refractivity contribution in [2.75, 3.05) is 13.1 Å². The zero-order valence-corrected chi connectivity index (χ0v) is 12.1. The number of nitrogens with zero attached hydrogens (tertiary/aromatic N) is 2. The Hall–Kier alpha value is -1.91. The molecule has 4 nitrogen and oxygen atoms in total. The summed E-state index contributed by atoms with van der Waals surface area (Å²) in [5.41, 5.74) is 0.970. The molecule has 0 aromatic heterocycles. The zero-order valence-electron chi connectivity index (χ0n) is 12.1. The van der Waals surface area contributed by atoms with Gasteiger partial charge < -0.3 is 9.80 Å². The van der Waals surface area contributed by atoms with Gasteiger partial charge in [0.05, 0.1) is 0 Å². The second kappa shape index (κ2) is 5.47. The molecule has 0 N–H and O–H groups in total. The van der Waals surface area contributed by atoms with Gasteiger partial charge in [0.15, 0.2) is 0 Å². The van der Waals surface area contributed by atoms with Gasteiger partial charge in [-0.15, -0.1) is 0 Å². The summed E-state index contributed by atoms with van der Waals surface area (Å²) in [6.07, 6.45) is 2.31. The van der Waals surface area contributed by atoms with E-state index in [1.165, 1.54) is 12.1 Å². The second-order valence-electron chi connectivity index (χ2n) is 5.77. The molecule has 2 aliphatic rings. The first kappa shape index (κ1) is 14.0. The minimum atomic E-state index is -0.396. The van der Waals surface area contributed by atoms with Crippen molar-refractivity contribution in [2.45, 2.75) is 38.3 Å². The lowest BCUT2D eigenvalue weighted by molar-refractivity contribution is -0.158. The molecule has 112 valence electrons. The van der Waals surface area contributed by atoms with E-state index < -0.39 is 6.04 Å². The van der Waals surface area contributed by atoms with Crippen LogP contribution in [0.5, 0.6) is 0 Å². The van der Waals surface area contributed by atoms with Gasteiger partial charge in [-0.25, -0.2) is 4.39 Å². The highest BCUT2D eigenvalue weighted by Crippen LogP contribution is 2.26. The smallest absolute Gasteiger partial charge is 0.246 e. The molecule has 1 aromatic carbocycles. The lowest BCUT2D eigenvalue weighted by Crippen LogP contribution is -2.62. The molecule has 2 heterocycles. The molecule has 0 spiro atoms. The van der Waals surface area contributed by atoms with Crippen LogP contribution in [-0.2, 0) is 16.0 Å². The van der Waals surface area contributed by atoms with Crippen LogP contribution < -0.4 is 0 Å². The van der Waals surface area contributed by atoms with E-state index in [-0.39, 0.29) is 23.7 Å². The topological polar surface area (TPSA) is 40.6 Å². The van der Waals surface area contributed by atoms with Crippen molar-refractivity contribution >= 4 is 11.8 Å². The molecular formula is C16H19FN2O2. The summed E-state index contributed by atoms with van der Waals surface area (Å²) in [4.78, 5) is 28.2. The Kier molecular flexibility index (Phi) is 3.66. The summed E-state index contributed by atoms with van der Waals surface area (Å²) in [5.74, 6) is -0.157. The predicted molar refractivity (Wildman–Crippen MR) is 76.0 cm³/mol. The highest BCUT2D eigenvalue weighted by atomic mass is 19.1. The first-order valence-corrected chi connectivity index (χ1v) is 7.43. The quantitative estimate of drug-likeness (QED) is 0.848. The minimum Gasteiger partial charge on any atom is -0.329 e. The number of rotatable bonds is 3. The van der Waals surface area contributed by atoms with Gasteiger partial charge in [0.2, 0.25) is 11.8 Å². The van der Waals surface area contributed by atoms with Gasteiger partial charge in [-0.05, 0) is 43.9 Å². The third-order valence-electron chi connectivity index (χ3n) is 4.48. The Morgan fingerprint density at radius 1 is 1.19 bits per heavy atom. The highest BCUT2D eigenvalue weighted by Gasteiger charge is 2.45. The Morgan fingerprint density at radius 3 is 2.62 bits per heavy atom. The number of carbonyl (C=O) groups is 2. The van der Waals surface area contributed by atoms with E-state index in [0.717, 1.165) is 18.4 Å². The number of hydrogen-bond acceptors (Lipinski definition) is 2. The van der Waals surface area contributed by atoms with Crippen molar-refractivity contribution < 1.29 is 14.0 Å². The van der Waals surface area contributed by atoms with Gasteiger partial charge in [0, 0.05) is 13.1 Å². The van der Waals surface area contributed by atoms with Crippen molar-refractivity contribution in [3.8, 4) is 0 Å². The molecule has 0 aliphatic carbocycles. The highest BCUT2D eigenvalue weighted by molar-refractivity contribution is 5.97. The van der Waals surface area contributed by atoms with Gasteiger partial charge in [0.1, 0.15) is 17.9 Å². The number of amides is 2. The summed E-state index contributed by atoms with van der Waals surface area (Å²) >= 11 is 0. The Morgan fingerprint density at radius 2 is 1.90 bits per heavy atom. The fraction of sp³-hybridized carbons (Fsp3) is 0.500. The summed E-state index contributed by atoms with van der Waals surface area (Å²) in [5, 5.41) is 0. The normalized spacial score (nSPS) is 25.4. The molecule has 0 saturated carbocycles. The number of carbonyl (C=O) groups excluding carboxylic acids is 2. The molecule has 0 radical (unpaired) electrons. The molecule has 2 unspecified atom stereocenters. The van der Waals surface area contributed by atoms with Crippen LogP contribution >= 0.6 is 0 Å². The number of hydrogen-bond donors (Lipinski definition) is 0. The van der Waals surface area contributed by atoms with E-state index in [0.29, 0.717) is 19.5 Å². The molecule has 2 fully saturated rings. The molecule has 0 bridgehead atoms. The van der Waals surface area contributed by atoms with Gasteiger partial charge >= 0.3 is 0 Å². The average Bonchev–Trinajstić information content (AvgIpc) is 2.96. The monoisotopic (exact) mass is 290 g/mol. The fourth-order valence-electron chi connectivity index (χ4n) is 3.25. The Bertz CT molecular complexity index is 558. The molecule has 5 heteroatoms. The lowest BCUT2D eigenvalue weighted by Gasteiger charge is -2.41. The van der Waals surface area contributed by atoms with E-state index in [1.807, 2.05) is 0 Å². The molecule has 2 saturated heterocycles. The van der Waals surface area contributed by atoms with E-state index in [2.05, 4.69) is 0 Å². The maximum absolute atomic E-state index is 12.9. The van der Waals surface area contributed by atoms with E-state index in [9.17, 15) is 14.0 Å². The Balaban J connectivity index is 1.70. The van der Waals surface area contributed by atoms with Crippen LogP contribution in [0.1, 0.15) is 25.3 Å². The maximum Gasteiger partial charge on any atom is 0.246 e. The summed E-state index contributed by atoms with van der Waals surface area (Å²) < 4.78 is 12.9. The van der Waals surface area contributed by atoms with Crippen LogP contribution in [0.2, 0.25) is 0 Å². The van der Waals surface area contributed by atoms with Gasteiger partial charge in [-0.1, -0.05) is 12.1 Å². The lowest BCUT2D eigenvalue weighted by atomic mass is 10.0. The number of halogens is 1. The maximum atomic E-state index is 12.9. The first-order valence-electron chi connectivity index (χ1n) is 7.43. The van der Waals surface area contributed by atoms with E-state index >= 15 is 0 Å². The number of piperazine rings is 1. The molecule has 21 heavy (non-hydrogen) atoms. The molecule has 2 aliphatic heterocycles. The van der Waals surface area contributed by atoms with Crippen molar-refractivity contribution in [2.24, 2.45) is 0 Å². The summed E-state index contributed by atoms with van der Waals surface area (Å²) in [6.45, 7) is 2.99. The van der Waals surface area contributed by atoms with Crippen LogP contribution in [0, 0.1) is 5.82 Å². The third-order valence-corrected chi connectivity index (χ3v) is 4.48. The van der Waals surface area contributed by atoms with Crippen molar-refractivity contribution in [3.05, 3.63) is 35.6 Å². The first-order chi connectivity index (χ1) is 10.1. The Labute approximate surface area is 123 Å². The number of fused-ring (bicyclic) bond motifs is 1. The van der Waals surface area contributed by atoms with Gasteiger partial charge in [-0.2, -0.15) is 0 Å². The molecule has 1 aromatic rings. The standard InChI is InChI=1S/C16H19FN2O2/c1-11-15(20)19-9-2-3-14(19)16(21)18(11)10-8-12-4-6-13(17)7-5-12/h4-7,11,14H,2-3,8-10H2,1H3. The van der Waals surface area contributed by atoms with Crippen LogP contribution in [0.3, 0.4) is 0 Å². The van der Waals surface area contributed by atoms with Crippen molar-refractivity contribution in [1.29, 1.82) is 0 Å². The summed E-state index contributed by atoms with van der Waals surface area (Å²) in [6, 6.07) is 5.62. The third kappa shape index (κ3) is 2.52. The second-order valence-corrected chi connectivity index (χ2v) is 5.77. The van der Waals surface area contributed by atoms with Crippen LogP contribution in [0.4, 0.5) is 4.39 Å². The predicted octanol–water partition coefficient (Wildman–Crippen LogP) is 1.59. The SMILES string of the molecule is CC1C(=O)N2CCCC2C(=O)N1CCc1ccc(F)cc1. The largest absolute Gasteiger partial charge is 0.329 e. The molecule has 2 amide bonds. The molecular weight excluding hydrogens is 271 g/mol. The van der Waals surface area contributed by atoms with Crippen LogP contribution in [-0.4, -0.2) is 46.8 Å². The summed E-state index contributed by atoms with van der Waals surface area (Å²) in [7, 11) is 0. The fourth-order valence-corrected chi connectivity index (χ4v) is 3.25. The van der Waals surface area contributed by atoms with Gasteiger partial charge in [0.25, 0.3) is 0 Å². The molecule has 2 atom stereocenters. The molecule has 3 rings (SSSR count). The van der Waals surface area contributed by atoms with Crippen LogP contribution in [0.15, 0.2) is 24.3 Å². The number of benzene rings is 1. The van der Waals surface area contributed by atoms with Gasteiger partial charge in [-0.3, -0.25) is 9.59 Å². The van der Waals surface area contributed by atoms with E-state index in [1.54, 1.807) is 28.9 Å². The van der Waals surface area contributed by atoms with Crippen molar-refractivity contribution in [1.82, 2.24) is 9.80 Å². The zero-order chi connectivity index (χ0) is 15.0. The van der Waals surface area contributed by atoms with Crippen molar-refractivity contribution in [3.63, 3.8) is 0 Å². The van der Waals surface area contributed by atoms with Crippen LogP contribution in [0.25, 0.3) is 0 Å². The minimum absolute atomic E-state index is 0.0520. The average molecular weight is 290 g/mol.